The first kappa shape index (κ1) is 12.9. The molecule has 0 bridgehead atoms. The highest BCUT2D eigenvalue weighted by Gasteiger charge is 2.11. The molecule has 0 saturated carbocycles. The summed E-state index contributed by atoms with van der Waals surface area (Å²) in [4.78, 5) is 18.4. The summed E-state index contributed by atoms with van der Waals surface area (Å²) < 4.78 is 0. The minimum absolute atomic E-state index is 0.0345. The molecular formula is C11H14N6O2. The fourth-order valence-electron chi connectivity index (χ4n) is 1.67. The zero-order chi connectivity index (χ0) is 13.7. The summed E-state index contributed by atoms with van der Waals surface area (Å²) >= 11 is 0. The molecule has 0 spiro atoms. The first-order chi connectivity index (χ1) is 9.16. The maximum Gasteiger partial charge on any atom is 0.290 e. The van der Waals surface area contributed by atoms with Crippen molar-refractivity contribution < 1.29 is 4.92 Å². The number of rotatable bonds is 6. The molecule has 0 fully saturated rings. The van der Waals surface area contributed by atoms with Crippen molar-refractivity contribution >= 4 is 11.5 Å². The van der Waals surface area contributed by atoms with E-state index in [4.69, 9.17) is 0 Å². The largest absolute Gasteiger partial charge is 0.370 e. The van der Waals surface area contributed by atoms with Gasteiger partial charge >= 0.3 is 0 Å². The van der Waals surface area contributed by atoms with Crippen molar-refractivity contribution in [1.82, 2.24) is 20.2 Å². The number of aromatic amines is 1. The van der Waals surface area contributed by atoms with Crippen LogP contribution in [0, 0.1) is 17.0 Å². The van der Waals surface area contributed by atoms with Crippen LogP contribution in [0.1, 0.15) is 17.9 Å². The molecular weight excluding hydrogens is 248 g/mol. The van der Waals surface area contributed by atoms with Crippen LogP contribution in [-0.2, 0) is 6.42 Å². The highest BCUT2D eigenvalue weighted by Crippen LogP contribution is 2.17. The lowest BCUT2D eigenvalue weighted by Gasteiger charge is -2.05. The van der Waals surface area contributed by atoms with Crippen molar-refractivity contribution in [1.29, 1.82) is 0 Å². The fraction of sp³-hybridized carbons (Fsp3) is 0.364. The summed E-state index contributed by atoms with van der Waals surface area (Å²) in [6.45, 7) is 2.34. The van der Waals surface area contributed by atoms with Crippen molar-refractivity contribution in [2.75, 3.05) is 11.9 Å². The van der Waals surface area contributed by atoms with Crippen LogP contribution in [0.5, 0.6) is 0 Å². The topological polar surface area (TPSA) is 110 Å². The molecule has 2 N–H and O–H groups in total. The van der Waals surface area contributed by atoms with Crippen LogP contribution in [0.3, 0.4) is 0 Å². The molecule has 8 heteroatoms. The number of nitrogens with zero attached hydrogens (tertiary/aromatic N) is 4. The molecule has 0 aliphatic rings. The lowest BCUT2D eigenvalue weighted by molar-refractivity contribution is -0.385. The molecule has 2 aromatic heterocycles. The summed E-state index contributed by atoms with van der Waals surface area (Å²) in [5, 5.41) is 20.3. The zero-order valence-corrected chi connectivity index (χ0v) is 10.5. The van der Waals surface area contributed by atoms with E-state index in [1.807, 2.05) is 0 Å². The van der Waals surface area contributed by atoms with Gasteiger partial charge in [-0.3, -0.25) is 15.2 Å². The number of anilines is 1. The molecule has 0 amide bonds. The standard InChI is InChI=1S/C11H14N6O2/c1-8-9(17(18)19)4-5-10(15-8)12-6-2-3-11-13-7-14-16-11/h4-5,7H,2-3,6H2,1H3,(H,12,15)(H,13,14,16). The number of hydrogen-bond donors (Lipinski definition) is 2. The van der Waals surface area contributed by atoms with Gasteiger partial charge in [0.05, 0.1) is 4.92 Å². The highest BCUT2D eigenvalue weighted by atomic mass is 16.6. The van der Waals surface area contributed by atoms with Gasteiger partial charge in [-0.1, -0.05) is 0 Å². The fourth-order valence-corrected chi connectivity index (χ4v) is 1.67. The van der Waals surface area contributed by atoms with Crippen LogP contribution in [0.25, 0.3) is 0 Å². The second kappa shape index (κ2) is 5.89. The Kier molecular flexibility index (Phi) is 4.01. The molecule has 0 aliphatic carbocycles. The highest BCUT2D eigenvalue weighted by molar-refractivity contribution is 5.44. The lowest BCUT2D eigenvalue weighted by Crippen LogP contribution is -2.06. The Balaban J connectivity index is 1.83. The number of H-pyrrole nitrogens is 1. The van der Waals surface area contributed by atoms with E-state index in [1.54, 1.807) is 13.0 Å². The first-order valence-electron chi connectivity index (χ1n) is 5.87. The lowest BCUT2D eigenvalue weighted by atomic mass is 10.3. The molecule has 0 saturated heterocycles. The van der Waals surface area contributed by atoms with Gasteiger partial charge in [0, 0.05) is 19.0 Å². The Hall–Kier alpha value is -2.51. The normalized spacial score (nSPS) is 10.4. The van der Waals surface area contributed by atoms with E-state index in [1.165, 1.54) is 12.4 Å². The van der Waals surface area contributed by atoms with E-state index >= 15 is 0 Å². The van der Waals surface area contributed by atoms with Crippen molar-refractivity contribution in [3.8, 4) is 0 Å². The molecule has 0 unspecified atom stereocenters. The maximum atomic E-state index is 10.7. The molecule has 0 radical (unpaired) electrons. The van der Waals surface area contributed by atoms with Crippen molar-refractivity contribution in [2.45, 2.75) is 19.8 Å². The van der Waals surface area contributed by atoms with Gasteiger partial charge in [0.25, 0.3) is 5.69 Å². The number of hydrogen-bond acceptors (Lipinski definition) is 6. The molecule has 0 aliphatic heterocycles. The molecule has 19 heavy (non-hydrogen) atoms. The van der Waals surface area contributed by atoms with E-state index in [2.05, 4.69) is 25.5 Å². The summed E-state index contributed by atoms with van der Waals surface area (Å²) in [6, 6.07) is 3.07. The Morgan fingerprint density at radius 3 is 2.95 bits per heavy atom. The third-order valence-electron chi connectivity index (χ3n) is 2.62. The Labute approximate surface area is 109 Å². The van der Waals surface area contributed by atoms with Gasteiger partial charge in [-0.2, -0.15) is 5.10 Å². The number of nitro groups is 1. The summed E-state index contributed by atoms with van der Waals surface area (Å²) in [5.41, 5.74) is 0.442. The molecule has 100 valence electrons. The first-order valence-corrected chi connectivity index (χ1v) is 5.87. The minimum Gasteiger partial charge on any atom is -0.370 e. The predicted octanol–water partition coefficient (Wildman–Crippen LogP) is 1.46. The molecule has 2 rings (SSSR count). The van der Waals surface area contributed by atoms with Crippen molar-refractivity contribution in [2.24, 2.45) is 0 Å². The number of nitrogens with one attached hydrogen (secondary N) is 2. The Bertz CT molecular complexity index is 554. The van der Waals surface area contributed by atoms with Crippen LogP contribution in [0.15, 0.2) is 18.5 Å². The molecule has 0 atom stereocenters. The van der Waals surface area contributed by atoms with Crippen molar-refractivity contribution in [3.05, 3.63) is 40.1 Å². The third kappa shape index (κ3) is 3.47. The second-order valence-corrected chi connectivity index (χ2v) is 4.02. The summed E-state index contributed by atoms with van der Waals surface area (Å²) in [7, 11) is 0. The van der Waals surface area contributed by atoms with Gasteiger partial charge in [-0.15, -0.1) is 0 Å². The predicted molar refractivity (Wildman–Crippen MR) is 68.8 cm³/mol. The van der Waals surface area contributed by atoms with Crippen LogP contribution in [-0.4, -0.2) is 31.6 Å². The third-order valence-corrected chi connectivity index (χ3v) is 2.62. The SMILES string of the molecule is Cc1nc(NCCCc2ncn[nH]2)ccc1[N+](=O)[O-]. The second-order valence-electron chi connectivity index (χ2n) is 4.02. The van der Waals surface area contributed by atoms with Gasteiger partial charge < -0.3 is 5.32 Å². The minimum atomic E-state index is -0.435. The Morgan fingerprint density at radius 1 is 1.47 bits per heavy atom. The van der Waals surface area contributed by atoms with Crippen LogP contribution in [0.2, 0.25) is 0 Å². The van der Waals surface area contributed by atoms with Crippen LogP contribution >= 0.6 is 0 Å². The summed E-state index contributed by atoms with van der Waals surface area (Å²) in [5.74, 6) is 1.48. The van der Waals surface area contributed by atoms with Crippen LogP contribution < -0.4 is 5.32 Å². The molecule has 2 aromatic rings. The maximum absolute atomic E-state index is 10.7. The average Bonchev–Trinajstić information content (AvgIpc) is 2.87. The van der Waals surface area contributed by atoms with Gasteiger partial charge in [0.1, 0.15) is 23.7 Å². The van der Waals surface area contributed by atoms with Gasteiger partial charge in [-0.05, 0) is 19.4 Å². The molecule has 0 aromatic carbocycles. The van der Waals surface area contributed by atoms with Crippen molar-refractivity contribution in [3.63, 3.8) is 0 Å². The van der Waals surface area contributed by atoms with Crippen LogP contribution in [0.4, 0.5) is 11.5 Å². The Morgan fingerprint density at radius 2 is 2.32 bits per heavy atom. The van der Waals surface area contributed by atoms with Gasteiger partial charge in [0.2, 0.25) is 0 Å². The van der Waals surface area contributed by atoms with E-state index in [0.717, 1.165) is 18.7 Å². The zero-order valence-electron chi connectivity index (χ0n) is 10.5. The monoisotopic (exact) mass is 262 g/mol. The number of pyridine rings is 1. The summed E-state index contributed by atoms with van der Waals surface area (Å²) in [6.07, 6.45) is 3.13. The smallest absolute Gasteiger partial charge is 0.290 e. The quantitative estimate of drug-likeness (QED) is 0.463. The molecule has 2 heterocycles. The van der Waals surface area contributed by atoms with Gasteiger partial charge in [-0.25, -0.2) is 9.97 Å². The average molecular weight is 262 g/mol. The van der Waals surface area contributed by atoms with Gasteiger partial charge in [0.15, 0.2) is 0 Å². The number of aryl methyl sites for hydroxylation is 2. The van der Waals surface area contributed by atoms with E-state index in [-0.39, 0.29) is 5.69 Å². The molecule has 8 nitrogen and oxygen atoms in total. The van der Waals surface area contributed by atoms with E-state index in [9.17, 15) is 10.1 Å². The number of aromatic nitrogens is 4. The van der Waals surface area contributed by atoms with E-state index in [0.29, 0.717) is 18.1 Å². The van der Waals surface area contributed by atoms with E-state index < -0.39 is 4.92 Å².